The number of para-hydroxylation sites is 1. The van der Waals surface area contributed by atoms with Crippen molar-refractivity contribution in [1.29, 1.82) is 0 Å². The first-order valence-electron chi connectivity index (χ1n) is 8.02. The fraction of sp³-hybridized carbons (Fsp3) is 0.294. The molecule has 0 unspecified atom stereocenters. The quantitative estimate of drug-likeness (QED) is 0.736. The average molecular weight is 378 g/mol. The van der Waals surface area contributed by atoms with E-state index in [9.17, 15) is 12.8 Å². The van der Waals surface area contributed by atoms with Crippen LogP contribution in [0.3, 0.4) is 0 Å². The first-order valence-corrected chi connectivity index (χ1v) is 9.50. The Hall–Kier alpha value is -2.68. The van der Waals surface area contributed by atoms with Crippen molar-refractivity contribution in [3.8, 4) is 11.5 Å². The fourth-order valence-corrected chi connectivity index (χ4v) is 4.32. The Morgan fingerprint density at radius 3 is 2.54 bits per heavy atom. The number of sulfonamides is 1. The minimum Gasteiger partial charge on any atom is -0.350 e. The molecule has 1 aromatic carbocycles. The number of halogens is 1. The molecule has 138 valence electrons. The van der Waals surface area contributed by atoms with Crippen LogP contribution in [0.25, 0.3) is 11.5 Å². The highest BCUT2D eigenvalue weighted by molar-refractivity contribution is 7.93. The number of aromatic nitrogens is 3. The molecule has 2 aromatic heterocycles. The Labute approximate surface area is 150 Å². The molecule has 0 fully saturated rings. The van der Waals surface area contributed by atoms with Gasteiger partial charge in [0.1, 0.15) is 10.7 Å². The van der Waals surface area contributed by atoms with Crippen molar-refractivity contribution in [2.45, 2.75) is 32.1 Å². The highest BCUT2D eigenvalue weighted by Crippen LogP contribution is 2.35. The lowest BCUT2D eigenvalue weighted by molar-refractivity contribution is 0.422. The van der Waals surface area contributed by atoms with E-state index in [1.165, 1.54) is 18.2 Å². The summed E-state index contributed by atoms with van der Waals surface area (Å²) in [6.07, 6.45) is 0.559. The molecular formula is C17H19FN4O3S. The van der Waals surface area contributed by atoms with E-state index in [1.54, 1.807) is 31.5 Å². The first-order chi connectivity index (χ1) is 12.3. The van der Waals surface area contributed by atoms with Gasteiger partial charge in [-0.25, -0.2) is 12.8 Å². The summed E-state index contributed by atoms with van der Waals surface area (Å²) < 4.78 is 49.3. The van der Waals surface area contributed by atoms with Crippen LogP contribution in [0.2, 0.25) is 0 Å². The predicted molar refractivity (Wildman–Crippen MR) is 94.8 cm³/mol. The zero-order chi connectivity index (χ0) is 19.1. The van der Waals surface area contributed by atoms with E-state index in [2.05, 4.69) is 14.9 Å². The second kappa shape index (κ2) is 6.56. The van der Waals surface area contributed by atoms with Gasteiger partial charge in [-0.1, -0.05) is 24.2 Å². The van der Waals surface area contributed by atoms with Gasteiger partial charge in [-0.05, 0) is 26.0 Å². The molecule has 0 saturated heterocycles. The number of nitrogens with one attached hydrogen (secondary N) is 1. The number of hydrogen-bond donors (Lipinski definition) is 1. The number of benzene rings is 1. The maximum Gasteiger partial charge on any atom is 0.264 e. The Morgan fingerprint density at radius 2 is 1.92 bits per heavy atom. The second-order valence-corrected chi connectivity index (χ2v) is 7.51. The van der Waals surface area contributed by atoms with Crippen LogP contribution >= 0.6 is 0 Å². The van der Waals surface area contributed by atoms with Crippen molar-refractivity contribution >= 4 is 15.7 Å². The molecule has 9 heteroatoms. The van der Waals surface area contributed by atoms with Gasteiger partial charge < -0.3 is 9.09 Å². The number of rotatable bonds is 5. The molecule has 0 amide bonds. The molecular weight excluding hydrogens is 359 g/mol. The topological polar surface area (TPSA) is 90.0 Å². The molecule has 3 rings (SSSR count). The van der Waals surface area contributed by atoms with Gasteiger partial charge in [-0.2, -0.15) is 4.98 Å². The summed E-state index contributed by atoms with van der Waals surface area (Å²) in [4.78, 5) is 4.25. The molecule has 26 heavy (non-hydrogen) atoms. The minimum absolute atomic E-state index is 0.00736. The normalized spacial score (nSPS) is 11.7. The molecule has 0 spiro atoms. The maximum absolute atomic E-state index is 13.9. The number of aryl methyl sites for hydroxylation is 1. The predicted octanol–water partition coefficient (Wildman–Crippen LogP) is 3.19. The van der Waals surface area contributed by atoms with Gasteiger partial charge in [0.15, 0.2) is 5.82 Å². The minimum atomic E-state index is -4.08. The summed E-state index contributed by atoms with van der Waals surface area (Å²) in [5.74, 6) is -0.0581. The molecule has 0 aliphatic carbocycles. The number of anilines is 1. The van der Waals surface area contributed by atoms with E-state index in [0.29, 0.717) is 29.2 Å². The van der Waals surface area contributed by atoms with Gasteiger partial charge >= 0.3 is 0 Å². The Kier molecular flexibility index (Phi) is 4.57. The molecule has 0 aliphatic heterocycles. The third kappa shape index (κ3) is 2.98. The zero-order valence-electron chi connectivity index (χ0n) is 14.9. The molecule has 0 radical (unpaired) electrons. The Morgan fingerprint density at radius 1 is 1.23 bits per heavy atom. The van der Waals surface area contributed by atoms with Crippen molar-refractivity contribution < 1.29 is 17.3 Å². The van der Waals surface area contributed by atoms with Crippen molar-refractivity contribution in [3.05, 3.63) is 47.3 Å². The summed E-state index contributed by atoms with van der Waals surface area (Å²) in [6, 6.07) is 5.59. The second-order valence-electron chi connectivity index (χ2n) is 5.89. The van der Waals surface area contributed by atoms with Gasteiger partial charge in [-0.3, -0.25) is 4.72 Å². The lowest BCUT2D eigenvalue weighted by Gasteiger charge is -2.10. The average Bonchev–Trinajstić information content (AvgIpc) is 3.15. The van der Waals surface area contributed by atoms with Gasteiger partial charge in [-0.15, -0.1) is 0 Å². The van der Waals surface area contributed by atoms with E-state index in [-0.39, 0.29) is 16.5 Å². The van der Waals surface area contributed by atoms with Gasteiger partial charge in [0, 0.05) is 24.9 Å². The molecule has 0 aliphatic rings. The maximum atomic E-state index is 13.9. The van der Waals surface area contributed by atoms with Gasteiger partial charge in [0.25, 0.3) is 15.9 Å². The standard InChI is InChI=1S/C17H19FN4O3S/c1-5-14-19-17(25-20-14)15-10(2)22(4)11(3)16(15)26(23,24)21-13-9-7-6-8-12(13)18/h6-9,21H,5H2,1-4H3. The lowest BCUT2D eigenvalue weighted by atomic mass is 10.2. The fourth-order valence-electron chi connectivity index (χ4n) is 2.74. The smallest absolute Gasteiger partial charge is 0.264 e. The summed E-state index contributed by atoms with van der Waals surface area (Å²) in [5.41, 5.74) is 1.33. The molecule has 1 N–H and O–H groups in total. The molecule has 0 atom stereocenters. The van der Waals surface area contributed by atoms with Crippen LogP contribution < -0.4 is 4.72 Å². The van der Waals surface area contributed by atoms with Crippen LogP contribution in [0, 0.1) is 19.7 Å². The monoisotopic (exact) mass is 378 g/mol. The SMILES string of the molecule is CCc1noc(-c2c(S(=O)(=O)Nc3ccccc3F)c(C)n(C)c2C)n1. The highest BCUT2D eigenvalue weighted by atomic mass is 32.2. The van der Waals surface area contributed by atoms with Gasteiger partial charge in [0.05, 0.1) is 11.3 Å². The van der Waals surface area contributed by atoms with Crippen LogP contribution in [0.5, 0.6) is 0 Å². The van der Waals surface area contributed by atoms with Crippen LogP contribution in [-0.2, 0) is 23.5 Å². The first kappa shape index (κ1) is 18.1. The third-order valence-corrected chi connectivity index (χ3v) is 5.83. The lowest BCUT2D eigenvalue weighted by Crippen LogP contribution is -2.15. The van der Waals surface area contributed by atoms with E-state index in [4.69, 9.17) is 4.52 Å². The van der Waals surface area contributed by atoms with Crippen LogP contribution in [0.4, 0.5) is 10.1 Å². The van der Waals surface area contributed by atoms with Crippen molar-refractivity contribution in [2.24, 2.45) is 7.05 Å². The Balaban J connectivity index is 2.18. The van der Waals surface area contributed by atoms with Crippen LogP contribution in [0.15, 0.2) is 33.7 Å². The van der Waals surface area contributed by atoms with E-state index < -0.39 is 15.8 Å². The molecule has 2 heterocycles. The van der Waals surface area contributed by atoms with Crippen LogP contribution in [0.1, 0.15) is 24.1 Å². The van der Waals surface area contributed by atoms with Gasteiger partial charge in [0.2, 0.25) is 0 Å². The van der Waals surface area contributed by atoms with Crippen molar-refractivity contribution in [3.63, 3.8) is 0 Å². The highest BCUT2D eigenvalue weighted by Gasteiger charge is 2.31. The molecule has 3 aromatic rings. The summed E-state index contributed by atoms with van der Waals surface area (Å²) in [7, 11) is -2.34. The molecule has 0 bridgehead atoms. The number of nitrogens with zero attached hydrogens (tertiary/aromatic N) is 3. The summed E-state index contributed by atoms with van der Waals surface area (Å²) in [5, 5.41) is 3.84. The van der Waals surface area contributed by atoms with Crippen LogP contribution in [-0.4, -0.2) is 23.1 Å². The molecule has 7 nitrogen and oxygen atoms in total. The largest absolute Gasteiger partial charge is 0.350 e. The third-order valence-electron chi connectivity index (χ3n) is 4.31. The van der Waals surface area contributed by atoms with E-state index in [1.807, 2.05) is 6.92 Å². The van der Waals surface area contributed by atoms with Crippen molar-refractivity contribution in [1.82, 2.24) is 14.7 Å². The number of hydrogen-bond acceptors (Lipinski definition) is 5. The van der Waals surface area contributed by atoms with E-state index in [0.717, 1.165) is 0 Å². The molecule has 0 saturated carbocycles. The van der Waals surface area contributed by atoms with Crippen molar-refractivity contribution in [2.75, 3.05) is 4.72 Å². The van der Waals surface area contributed by atoms with E-state index >= 15 is 0 Å². The zero-order valence-corrected chi connectivity index (χ0v) is 15.7. The summed E-state index contributed by atoms with van der Waals surface area (Å²) in [6.45, 7) is 5.30. The Bertz CT molecular complexity index is 1070. The summed E-state index contributed by atoms with van der Waals surface area (Å²) >= 11 is 0.